The van der Waals surface area contributed by atoms with Gasteiger partial charge < -0.3 is 25.0 Å². The van der Waals surface area contributed by atoms with Crippen molar-refractivity contribution in [1.29, 1.82) is 0 Å². The van der Waals surface area contributed by atoms with Crippen LogP contribution in [0.25, 0.3) is 0 Å². The molecule has 1 aromatic carbocycles. The molecule has 236 valence electrons. The molecule has 14 heteroatoms. The molecule has 5 rings (SSSR count). The standard InChI is InChI=1S/C30H35Cl3N6O4S/c1-37-6-8-39(9-7-37)18-20-19-44-30(27(20)33)36-29(41)26-23(28(40)35-25-4-3-21(31)17-34-25)15-22(32)16-24(26)43-12-2-5-38-10-13-42-14-11-38/h3-4,15-17,19H,2,5-14,18H2,1H3,(H,36,41)(H,34,35,40). The minimum atomic E-state index is -0.571. The van der Waals surface area contributed by atoms with Gasteiger partial charge >= 0.3 is 0 Å². The molecule has 44 heavy (non-hydrogen) atoms. The van der Waals surface area contributed by atoms with Crippen LogP contribution in [-0.4, -0.2) is 104 Å². The van der Waals surface area contributed by atoms with Gasteiger partial charge in [-0.15, -0.1) is 11.3 Å². The molecular weight excluding hydrogens is 647 g/mol. The monoisotopic (exact) mass is 680 g/mol. The number of hydrogen-bond acceptors (Lipinski definition) is 9. The van der Waals surface area contributed by atoms with E-state index in [1.54, 1.807) is 18.2 Å². The zero-order chi connectivity index (χ0) is 31.1. The lowest BCUT2D eigenvalue weighted by molar-refractivity contribution is 0.0357. The van der Waals surface area contributed by atoms with E-state index >= 15 is 0 Å². The van der Waals surface area contributed by atoms with E-state index in [2.05, 4.69) is 37.4 Å². The van der Waals surface area contributed by atoms with Crippen LogP contribution in [0, 0.1) is 0 Å². The van der Waals surface area contributed by atoms with Gasteiger partial charge in [-0.2, -0.15) is 0 Å². The van der Waals surface area contributed by atoms with E-state index in [1.165, 1.54) is 23.6 Å². The molecule has 2 amide bonds. The summed E-state index contributed by atoms with van der Waals surface area (Å²) in [6.45, 7) is 8.88. The first-order chi connectivity index (χ1) is 21.3. The summed E-state index contributed by atoms with van der Waals surface area (Å²) in [6, 6.07) is 6.17. The molecule has 3 aromatic rings. The number of piperazine rings is 1. The third kappa shape index (κ3) is 8.82. The summed E-state index contributed by atoms with van der Waals surface area (Å²) in [5, 5.41) is 9.27. The highest BCUT2D eigenvalue weighted by Crippen LogP contribution is 2.36. The molecule has 2 aliphatic heterocycles. The minimum Gasteiger partial charge on any atom is -0.493 e. The number of likely N-dealkylation sites (N-methyl/N-ethyl adjacent to an activating group) is 1. The van der Waals surface area contributed by atoms with Gasteiger partial charge in [0.25, 0.3) is 11.8 Å². The van der Waals surface area contributed by atoms with E-state index in [-0.39, 0.29) is 27.7 Å². The van der Waals surface area contributed by atoms with Crippen molar-refractivity contribution in [2.24, 2.45) is 0 Å². The first kappa shape index (κ1) is 32.9. The fraction of sp³-hybridized carbons (Fsp3) is 0.433. The second kappa shape index (κ2) is 15.7. The van der Waals surface area contributed by atoms with E-state index in [9.17, 15) is 9.59 Å². The second-order valence-corrected chi connectivity index (χ2v) is 12.9. The first-order valence-corrected chi connectivity index (χ1v) is 16.5. The van der Waals surface area contributed by atoms with Gasteiger partial charge in [-0.25, -0.2) is 4.98 Å². The third-order valence-electron chi connectivity index (χ3n) is 7.50. The predicted octanol–water partition coefficient (Wildman–Crippen LogP) is 5.46. The van der Waals surface area contributed by atoms with Gasteiger partial charge in [-0.05, 0) is 48.7 Å². The Labute approximate surface area is 276 Å². The number of thiophene rings is 1. The van der Waals surface area contributed by atoms with E-state index in [1.807, 2.05) is 5.38 Å². The predicted molar refractivity (Wildman–Crippen MR) is 176 cm³/mol. The Hall–Kier alpha value is -2.48. The molecule has 0 unspecified atom stereocenters. The van der Waals surface area contributed by atoms with Gasteiger partial charge in [0.2, 0.25) is 0 Å². The molecule has 0 spiro atoms. The average molecular weight is 682 g/mol. The molecule has 2 saturated heterocycles. The highest BCUT2D eigenvalue weighted by Gasteiger charge is 2.26. The fourth-order valence-electron chi connectivity index (χ4n) is 5.02. The molecule has 0 aliphatic carbocycles. The number of benzene rings is 1. The Morgan fingerprint density at radius 3 is 2.48 bits per heavy atom. The Bertz CT molecular complexity index is 1440. The summed E-state index contributed by atoms with van der Waals surface area (Å²) < 4.78 is 11.5. The van der Waals surface area contributed by atoms with Crippen molar-refractivity contribution in [3.8, 4) is 5.75 Å². The van der Waals surface area contributed by atoms with Crippen molar-refractivity contribution >= 4 is 68.8 Å². The lowest BCUT2D eigenvalue weighted by Crippen LogP contribution is -2.43. The summed E-state index contributed by atoms with van der Waals surface area (Å²) in [5.74, 6) is -0.627. The number of morpholine rings is 1. The van der Waals surface area contributed by atoms with Crippen LogP contribution < -0.4 is 15.4 Å². The quantitative estimate of drug-likeness (QED) is 0.258. The molecule has 2 fully saturated rings. The smallest absolute Gasteiger partial charge is 0.260 e. The number of carbonyl (C=O) groups is 2. The summed E-state index contributed by atoms with van der Waals surface area (Å²) >= 11 is 20.5. The highest BCUT2D eigenvalue weighted by molar-refractivity contribution is 7.15. The lowest BCUT2D eigenvalue weighted by atomic mass is 10.0. The molecule has 4 heterocycles. The van der Waals surface area contributed by atoms with Crippen LogP contribution in [0.2, 0.25) is 15.1 Å². The molecule has 2 aromatic heterocycles. The normalized spacial score (nSPS) is 16.5. The molecular formula is C30H35Cl3N6O4S. The topological polar surface area (TPSA) is 99.3 Å². The van der Waals surface area contributed by atoms with Crippen LogP contribution in [-0.2, 0) is 11.3 Å². The van der Waals surface area contributed by atoms with Gasteiger partial charge in [0.15, 0.2) is 0 Å². The maximum absolute atomic E-state index is 13.9. The van der Waals surface area contributed by atoms with Crippen LogP contribution in [0.5, 0.6) is 5.75 Å². The van der Waals surface area contributed by atoms with Gasteiger partial charge in [-0.3, -0.25) is 19.4 Å². The SMILES string of the molecule is CN1CCN(Cc2csc(NC(=O)c3c(OCCCN4CCOCC4)cc(Cl)cc3C(=O)Nc3ccc(Cl)cn3)c2Cl)CC1. The minimum absolute atomic E-state index is 0.0419. The van der Waals surface area contributed by atoms with Crippen LogP contribution >= 0.6 is 46.1 Å². The molecule has 2 aliphatic rings. The fourth-order valence-corrected chi connectivity index (χ4v) is 6.54. The lowest BCUT2D eigenvalue weighted by Gasteiger charge is -2.32. The van der Waals surface area contributed by atoms with Crippen molar-refractivity contribution in [2.75, 3.05) is 83.3 Å². The van der Waals surface area contributed by atoms with Crippen LogP contribution in [0.1, 0.15) is 32.7 Å². The van der Waals surface area contributed by atoms with Gasteiger partial charge in [0.1, 0.15) is 16.6 Å². The molecule has 0 bridgehead atoms. The van der Waals surface area contributed by atoms with Crippen molar-refractivity contribution < 1.29 is 19.1 Å². The van der Waals surface area contributed by atoms with E-state index in [0.29, 0.717) is 41.4 Å². The van der Waals surface area contributed by atoms with E-state index < -0.39 is 11.8 Å². The number of ether oxygens (including phenoxy) is 2. The van der Waals surface area contributed by atoms with Crippen molar-refractivity contribution in [3.63, 3.8) is 0 Å². The molecule has 2 N–H and O–H groups in total. The maximum atomic E-state index is 13.9. The van der Waals surface area contributed by atoms with Crippen LogP contribution in [0.3, 0.4) is 0 Å². The molecule has 0 atom stereocenters. The number of amides is 2. The zero-order valence-electron chi connectivity index (χ0n) is 24.4. The number of halogens is 3. The largest absolute Gasteiger partial charge is 0.493 e. The summed E-state index contributed by atoms with van der Waals surface area (Å²) in [7, 11) is 2.11. The maximum Gasteiger partial charge on any atom is 0.260 e. The Morgan fingerprint density at radius 1 is 0.977 bits per heavy atom. The van der Waals surface area contributed by atoms with E-state index in [0.717, 1.165) is 57.8 Å². The van der Waals surface area contributed by atoms with Gasteiger partial charge in [0.05, 0.1) is 41.0 Å². The molecule has 0 saturated carbocycles. The number of aromatic nitrogens is 1. The first-order valence-electron chi connectivity index (χ1n) is 14.4. The highest BCUT2D eigenvalue weighted by atomic mass is 35.5. The third-order valence-corrected chi connectivity index (χ3v) is 9.43. The summed E-state index contributed by atoms with van der Waals surface area (Å²) in [5.41, 5.74) is 1.04. The Balaban J connectivity index is 1.36. The van der Waals surface area contributed by atoms with E-state index in [4.69, 9.17) is 44.3 Å². The van der Waals surface area contributed by atoms with Crippen molar-refractivity contribution in [3.05, 3.63) is 67.6 Å². The number of carbonyl (C=O) groups excluding carboxylic acids is 2. The van der Waals surface area contributed by atoms with Crippen LogP contribution in [0.4, 0.5) is 10.8 Å². The number of nitrogens with one attached hydrogen (secondary N) is 2. The van der Waals surface area contributed by atoms with Crippen LogP contribution in [0.15, 0.2) is 35.8 Å². The van der Waals surface area contributed by atoms with Gasteiger partial charge in [-0.1, -0.05) is 34.8 Å². The van der Waals surface area contributed by atoms with Gasteiger partial charge in [0, 0.05) is 63.6 Å². The van der Waals surface area contributed by atoms with Crippen molar-refractivity contribution in [2.45, 2.75) is 13.0 Å². The number of hydrogen-bond donors (Lipinski definition) is 2. The number of nitrogens with zero attached hydrogens (tertiary/aromatic N) is 4. The number of anilines is 2. The summed E-state index contributed by atoms with van der Waals surface area (Å²) in [4.78, 5) is 38.5. The average Bonchev–Trinajstić information content (AvgIpc) is 3.35. The number of rotatable bonds is 11. The summed E-state index contributed by atoms with van der Waals surface area (Å²) in [6.07, 6.45) is 2.14. The Morgan fingerprint density at radius 2 is 1.75 bits per heavy atom. The van der Waals surface area contributed by atoms with Crippen molar-refractivity contribution in [1.82, 2.24) is 19.7 Å². The molecule has 10 nitrogen and oxygen atoms in total. The molecule has 0 radical (unpaired) electrons. The zero-order valence-corrected chi connectivity index (χ0v) is 27.5. The second-order valence-electron chi connectivity index (χ2n) is 10.7. The number of pyridine rings is 1. The Kier molecular flexibility index (Phi) is 11.7.